The molecule has 0 radical (unpaired) electrons. The minimum absolute atomic E-state index is 0.811. The predicted molar refractivity (Wildman–Crippen MR) is 58.9 cm³/mol. The van der Waals surface area contributed by atoms with Gasteiger partial charge in [-0.25, -0.2) is 9.97 Å². The van der Waals surface area contributed by atoms with Crippen LogP contribution < -0.4 is 0 Å². The van der Waals surface area contributed by atoms with Gasteiger partial charge in [-0.3, -0.25) is 0 Å². The van der Waals surface area contributed by atoms with Gasteiger partial charge in [0.05, 0.1) is 5.52 Å². The second kappa shape index (κ2) is 3.58. The molecule has 0 amide bonds. The Bertz CT molecular complexity index is 486. The van der Waals surface area contributed by atoms with Crippen LogP contribution >= 0.6 is 0 Å². The fourth-order valence-electron chi connectivity index (χ4n) is 1.29. The summed E-state index contributed by atoms with van der Waals surface area (Å²) in [5.41, 5.74) is 2.11. The number of allylic oxidation sites excluding steroid dienone is 2. The van der Waals surface area contributed by atoms with E-state index in [0.29, 0.717) is 0 Å². The van der Waals surface area contributed by atoms with E-state index in [4.69, 9.17) is 0 Å². The zero-order valence-electron chi connectivity index (χ0n) is 8.36. The van der Waals surface area contributed by atoms with Gasteiger partial charge in [0.1, 0.15) is 0 Å². The molecule has 2 rings (SSSR count). The van der Waals surface area contributed by atoms with E-state index in [9.17, 15) is 0 Å². The zero-order chi connectivity index (χ0) is 9.97. The molecule has 1 aromatic carbocycles. The largest absolute Gasteiger partial charge is 0.236 e. The van der Waals surface area contributed by atoms with E-state index in [0.717, 1.165) is 22.3 Å². The Morgan fingerprint density at radius 2 is 2.07 bits per heavy atom. The van der Waals surface area contributed by atoms with E-state index in [1.807, 2.05) is 50.4 Å². The lowest BCUT2D eigenvalue weighted by Gasteiger charge is -2.00. The van der Waals surface area contributed by atoms with Gasteiger partial charge < -0.3 is 0 Å². The summed E-state index contributed by atoms with van der Waals surface area (Å²) in [6.07, 6.45) is 3.88. The molecular formula is C12H12N2. The van der Waals surface area contributed by atoms with Crippen LogP contribution in [0.1, 0.15) is 19.7 Å². The van der Waals surface area contributed by atoms with Crippen LogP contribution in [0.5, 0.6) is 0 Å². The lowest BCUT2D eigenvalue weighted by Crippen LogP contribution is -1.91. The van der Waals surface area contributed by atoms with Crippen molar-refractivity contribution in [1.29, 1.82) is 0 Å². The maximum atomic E-state index is 4.47. The second-order valence-electron chi connectivity index (χ2n) is 3.22. The Balaban J connectivity index is 2.62. The van der Waals surface area contributed by atoms with E-state index in [1.54, 1.807) is 0 Å². The summed E-state index contributed by atoms with van der Waals surface area (Å²) in [6.45, 7) is 4.01. The Morgan fingerprint density at radius 1 is 1.29 bits per heavy atom. The number of aromatic nitrogens is 2. The quantitative estimate of drug-likeness (QED) is 0.680. The highest BCUT2D eigenvalue weighted by atomic mass is 14.9. The van der Waals surface area contributed by atoms with Gasteiger partial charge in [-0.2, -0.15) is 0 Å². The Hall–Kier alpha value is -1.70. The highest BCUT2D eigenvalue weighted by Crippen LogP contribution is 2.13. The molecule has 0 saturated carbocycles. The molecule has 14 heavy (non-hydrogen) atoms. The summed E-state index contributed by atoms with van der Waals surface area (Å²) in [5, 5.41) is 1.08. The minimum atomic E-state index is 0.811. The summed E-state index contributed by atoms with van der Waals surface area (Å²) in [5.74, 6) is 0.811. The van der Waals surface area contributed by atoms with E-state index in [-0.39, 0.29) is 0 Å². The van der Waals surface area contributed by atoms with Crippen LogP contribution in [0.25, 0.3) is 16.5 Å². The first kappa shape index (κ1) is 8.88. The molecule has 1 aromatic heterocycles. The first-order valence-corrected chi connectivity index (χ1v) is 4.66. The predicted octanol–water partition coefficient (Wildman–Crippen LogP) is 3.05. The van der Waals surface area contributed by atoms with Crippen LogP contribution in [0.2, 0.25) is 0 Å². The Morgan fingerprint density at radius 3 is 2.86 bits per heavy atom. The molecule has 2 aromatic rings. The highest BCUT2D eigenvalue weighted by molar-refractivity contribution is 5.78. The molecule has 0 fully saturated rings. The van der Waals surface area contributed by atoms with Crippen molar-refractivity contribution in [2.75, 3.05) is 0 Å². The number of benzene rings is 1. The monoisotopic (exact) mass is 184 g/mol. The Kier molecular flexibility index (Phi) is 2.27. The maximum Gasteiger partial charge on any atom is 0.155 e. The zero-order valence-corrected chi connectivity index (χ0v) is 8.36. The molecule has 70 valence electrons. The summed E-state index contributed by atoms with van der Waals surface area (Å²) in [7, 11) is 0. The van der Waals surface area contributed by atoms with Crippen LogP contribution in [-0.4, -0.2) is 9.97 Å². The fourth-order valence-corrected chi connectivity index (χ4v) is 1.29. The molecule has 0 aliphatic rings. The lowest BCUT2D eigenvalue weighted by molar-refractivity contribution is 1.16. The van der Waals surface area contributed by atoms with Crippen molar-refractivity contribution >= 4 is 16.5 Å². The van der Waals surface area contributed by atoms with E-state index < -0.39 is 0 Å². The van der Waals surface area contributed by atoms with Gasteiger partial charge in [0.2, 0.25) is 0 Å². The molecule has 0 aliphatic heterocycles. The first-order chi connectivity index (χ1) is 6.81. The molecule has 0 spiro atoms. The number of hydrogen-bond acceptors (Lipinski definition) is 2. The number of para-hydroxylation sites is 1. The highest BCUT2D eigenvalue weighted by Gasteiger charge is 1.99. The van der Waals surface area contributed by atoms with Crippen molar-refractivity contribution < 1.29 is 0 Å². The lowest BCUT2D eigenvalue weighted by atomic mass is 10.2. The number of hydrogen-bond donors (Lipinski definition) is 0. The summed E-state index contributed by atoms with van der Waals surface area (Å²) in [6, 6.07) is 8.01. The van der Waals surface area contributed by atoms with Gasteiger partial charge in [0.25, 0.3) is 0 Å². The van der Waals surface area contributed by atoms with Crippen LogP contribution in [0, 0.1) is 0 Å². The molecule has 0 unspecified atom stereocenters. The van der Waals surface area contributed by atoms with Crippen molar-refractivity contribution in [3.63, 3.8) is 0 Å². The van der Waals surface area contributed by atoms with Gasteiger partial charge in [0, 0.05) is 11.6 Å². The topological polar surface area (TPSA) is 25.8 Å². The molecule has 0 atom stereocenters. The first-order valence-electron chi connectivity index (χ1n) is 4.66. The summed E-state index contributed by atoms with van der Waals surface area (Å²) in [4.78, 5) is 8.76. The van der Waals surface area contributed by atoms with Gasteiger partial charge in [-0.1, -0.05) is 24.3 Å². The van der Waals surface area contributed by atoms with Crippen LogP contribution in [0.3, 0.4) is 0 Å². The molecular weight excluding hydrogens is 172 g/mol. The molecule has 0 saturated heterocycles. The van der Waals surface area contributed by atoms with Crippen molar-refractivity contribution in [2.24, 2.45) is 0 Å². The Labute approximate surface area is 83.3 Å². The summed E-state index contributed by atoms with van der Waals surface area (Å²) < 4.78 is 0. The minimum Gasteiger partial charge on any atom is -0.236 e. The van der Waals surface area contributed by atoms with Crippen LogP contribution in [0.15, 0.2) is 36.5 Å². The SMILES string of the molecule is C/C=C(\C)c1ncc2ccccc2n1. The van der Waals surface area contributed by atoms with E-state index >= 15 is 0 Å². The molecule has 2 heteroatoms. The standard InChI is InChI=1S/C12H12N2/c1-3-9(2)12-13-8-10-6-4-5-7-11(10)14-12/h3-8H,1-2H3/b9-3+. The van der Waals surface area contributed by atoms with Gasteiger partial charge in [-0.15, -0.1) is 0 Å². The third-order valence-corrected chi connectivity index (χ3v) is 2.27. The third-order valence-electron chi connectivity index (χ3n) is 2.27. The number of rotatable bonds is 1. The second-order valence-corrected chi connectivity index (χ2v) is 3.22. The smallest absolute Gasteiger partial charge is 0.155 e. The average molecular weight is 184 g/mol. The maximum absolute atomic E-state index is 4.47. The normalized spacial score (nSPS) is 12.0. The van der Waals surface area contributed by atoms with Crippen molar-refractivity contribution in [2.45, 2.75) is 13.8 Å². The van der Waals surface area contributed by atoms with Crippen molar-refractivity contribution in [1.82, 2.24) is 9.97 Å². The summed E-state index contributed by atoms with van der Waals surface area (Å²) >= 11 is 0. The van der Waals surface area contributed by atoms with Crippen LogP contribution in [0.4, 0.5) is 0 Å². The molecule has 0 bridgehead atoms. The van der Waals surface area contributed by atoms with E-state index in [1.165, 1.54) is 0 Å². The van der Waals surface area contributed by atoms with Crippen molar-refractivity contribution in [3.05, 3.63) is 42.4 Å². The average Bonchev–Trinajstić information content (AvgIpc) is 2.27. The van der Waals surface area contributed by atoms with Crippen molar-refractivity contribution in [3.8, 4) is 0 Å². The van der Waals surface area contributed by atoms with E-state index in [2.05, 4.69) is 9.97 Å². The van der Waals surface area contributed by atoms with Gasteiger partial charge >= 0.3 is 0 Å². The van der Waals surface area contributed by atoms with Gasteiger partial charge in [-0.05, 0) is 25.5 Å². The number of fused-ring (bicyclic) bond motifs is 1. The van der Waals surface area contributed by atoms with Crippen LogP contribution in [-0.2, 0) is 0 Å². The van der Waals surface area contributed by atoms with Gasteiger partial charge in [0.15, 0.2) is 5.82 Å². The molecule has 0 N–H and O–H groups in total. The molecule has 2 nitrogen and oxygen atoms in total. The fraction of sp³-hybridized carbons (Fsp3) is 0.167. The third kappa shape index (κ3) is 1.51. The number of nitrogens with zero attached hydrogens (tertiary/aromatic N) is 2. The molecule has 0 aliphatic carbocycles. The molecule has 1 heterocycles.